The number of aliphatic hydroxyl groups is 1. The first kappa shape index (κ1) is 15.0. The maximum atomic E-state index is 11.5. The molecule has 0 aliphatic heterocycles. The lowest BCUT2D eigenvalue weighted by atomic mass is 10.1. The molecule has 5 heteroatoms. The highest BCUT2D eigenvalue weighted by Crippen LogP contribution is 2.18. The van der Waals surface area contributed by atoms with Crippen LogP contribution < -0.4 is 4.74 Å². The number of sulfone groups is 1. The Morgan fingerprint density at radius 2 is 2.06 bits per heavy atom. The van der Waals surface area contributed by atoms with Gasteiger partial charge in [0.2, 0.25) is 0 Å². The minimum Gasteiger partial charge on any atom is -0.493 e. The Morgan fingerprint density at radius 1 is 1.33 bits per heavy atom. The third kappa shape index (κ3) is 5.06. The van der Waals surface area contributed by atoms with Gasteiger partial charge in [-0.1, -0.05) is 19.1 Å². The highest BCUT2D eigenvalue weighted by atomic mass is 32.2. The fourth-order valence-electron chi connectivity index (χ4n) is 1.56. The number of hydrogen-bond acceptors (Lipinski definition) is 4. The van der Waals surface area contributed by atoms with Gasteiger partial charge in [-0.25, -0.2) is 8.42 Å². The Bertz CT molecular complexity index is 466. The molecule has 4 nitrogen and oxygen atoms in total. The average Bonchev–Trinajstić information content (AvgIpc) is 2.29. The Balaban J connectivity index is 2.52. The summed E-state index contributed by atoms with van der Waals surface area (Å²) in [6.45, 7) is 3.65. The molecule has 0 heterocycles. The molecule has 0 aliphatic carbocycles. The van der Waals surface area contributed by atoms with Crippen LogP contribution in [0.4, 0.5) is 0 Å². The van der Waals surface area contributed by atoms with Crippen molar-refractivity contribution in [2.45, 2.75) is 26.4 Å². The zero-order valence-electron chi connectivity index (χ0n) is 10.8. The predicted octanol–water partition coefficient (Wildman–Crippen LogP) is 1.94. The lowest BCUT2D eigenvalue weighted by Crippen LogP contribution is -2.16. The van der Waals surface area contributed by atoms with Crippen molar-refractivity contribution in [2.24, 2.45) is 0 Å². The first-order valence-corrected chi connectivity index (χ1v) is 7.88. The van der Waals surface area contributed by atoms with E-state index >= 15 is 0 Å². The normalized spacial score (nSPS) is 13.3. The summed E-state index contributed by atoms with van der Waals surface area (Å²) in [6, 6.07) is 7.04. The molecule has 0 fully saturated rings. The summed E-state index contributed by atoms with van der Waals surface area (Å²) in [5, 5.41) is 9.42. The van der Waals surface area contributed by atoms with Gasteiger partial charge in [-0.05, 0) is 31.0 Å². The van der Waals surface area contributed by atoms with Gasteiger partial charge < -0.3 is 9.84 Å². The summed E-state index contributed by atoms with van der Waals surface area (Å²) in [4.78, 5) is 0. The molecule has 0 saturated carbocycles. The van der Waals surface area contributed by atoms with E-state index in [4.69, 9.17) is 4.74 Å². The zero-order chi connectivity index (χ0) is 13.6. The molecule has 102 valence electrons. The maximum absolute atomic E-state index is 11.5. The van der Waals surface area contributed by atoms with Crippen LogP contribution >= 0.6 is 0 Å². The fourth-order valence-corrected chi connectivity index (χ4v) is 2.73. The standard InChI is InChI=1S/C13H20O4S/c1-3-8-18(15,16)9-7-17-13-6-4-5-12(10-13)11(2)14/h4-6,10-11,14H,3,7-9H2,1-2H3/t11-/m1/s1. The molecule has 0 aliphatic rings. The van der Waals surface area contributed by atoms with Crippen LogP contribution in [0.1, 0.15) is 31.9 Å². The molecule has 0 amide bonds. The molecule has 1 atom stereocenters. The van der Waals surface area contributed by atoms with Crippen molar-refractivity contribution in [1.82, 2.24) is 0 Å². The zero-order valence-corrected chi connectivity index (χ0v) is 11.6. The monoisotopic (exact) mass is 272 g/mol. The molecular weight excluding hydrogens is 252 g/mol. The Kier molecular flexibility index (Phi) is 5.62. The molecule has 1 N–H and O–H groups in total. The van der Waals surface area contributed by atoms with Crippen LogP contribution in [-0.2, 0) is 9.84 Å². The average molecular weight is 272 g/mol. The third-order valence-corrected chi connectivity index (χ3v) is 4.34. The van der Waals surface area contributed by atoms with Gasteiger partial charge in [-0.3, -0.25) is 0 Å². The van der Waals surface area contributed by atoms with Crippen molar-refractivity contribution in [3.05, 3.63) is 29.8 Å². The van der Waals surface area contributed by atoms with Gasteiger partial charge in [-0.15, -0.1) is 0 Å². The molecular formula is C13H20O4S. The molecule has 1 rings (SSSR count). The molecule has 0 unspecified atom stereocenters. The van der Waals surface area contributed by atoms with Gasteiger partial charge >= 0.3 is 0 Å². The molecule has 1 aromatic rings. The molecule has 0 radical (unpaired) electrons. The first-order valence-electron chi connectivity index (χ1n) is 6.06. The van der Waals surface area contributed by atoms with Crippen molar-refractivity contribution in [2.75, 3.05) is 18.1 Å². The predicted molar refractivity (Wildman–Crippen MR) is 71.5 cm³/mol. The topological polar surface area (TPSA) is 63.6 Å². The number of benzene rings is 1. The Hall–Kier alpha value is -1.07. The highest BCUT2D eigenvalue weighted by Gasteiger charge is 2.09. The van der Waals surface area contributed by atoms with Crippen LogP contribution in [0, 0.1) is 0 Å². The number of rotatable bonds is 7. The molecule has 0 spiro atoms. The van der Waals surface area contributed by atoms with Crippen molar-refractivity contribution < 1.29 is 18.3 Å². The van der Waals surface area contributed by atoms with Gasteiger partial charge in [0, 0.05) is 0 Å². The first-order chi connectivity index (χ1) is 8.44. The second-order valence-corrected chi connectivity index (χ2v) is 6.55. The van der Waals surface area contributed by atoms with Crippen molar-refractivity contribution in [3.8, 4) is 5.75 Å². The second-order valence-electron chi connectivity index (χ2n) is 4.25. The summed E-state index contributed by atoms with van der Waals surface area (Å²) >= 11 is 0. The Morgan fingerprint density at radius 3 is 2.67 bits per heavy atom. The van der Waals surface area contributed by atoms with E-state index in [-0.39, 0.29) is 18.1 Å². The lowest BCUT2D eigenvalue weighted by Gasteiger charge is -2.09. The van der Waals surface area contributed by atoms with Crippen LogP contribution in [-0.4, -0.2) is 31.6 Å². The van der Waals surface area contributed by atoms with Crippen molar-refractivity contribution >= 4 is 9.84 Å². The maximum Gasteiger partial charge on any atom is 0.153 e. The smallest absolute Gasteiger partial charge is 0.153 e. The molecule has 0 bridgehead atoms. The number of hydrogen-bond donors (Lipinski definition) is 1. The van der Waals surface area contributed by atoms with Crippen LogP contribution in [0.15, 0.2) is 24.3 Å². The number of aliphatic hydroxyl groups excluding tert-OH is 1. The van der Waals surface area contributed by atoms with E-state index in [0.717, 1.165) is 5.56 Å². The van der Waals surface area contributed by atoms with E-state index in [1.807, 2.05) is 6.92 Å². The summed E-state index contributed by atoms with van der Waals surface area (Å²) < 4.78 is 28.3. The SMILES string of the molecule is CCCS(=O)(=O)CCOc1cccc([C@@H](C)O)c1. The van der Waals surface area contributed by atoms with Gasteiger partial charge in [0.05, 0.1) is 17.6 Å². The summed E-state index contributed by atoms with van der Waals surface area (Å²) in [7, 11) is -3.00. The quantitative estimate of drug-likeness (QED) is 0.824. The summed E-state index contributed by atoms with van der Waals surface area (Å²) in [5.74, 6) is 0.809. The highest BCUT2D eigenvalue weighted by molar-refractivity contribution is 7.91. The van der Waals surface area contributed by atoms with Crippen LogP contribution in [0.25, 0.3) is 0 Å². The minimum atomic E-state index is -3.00. The summed E-state index contributed by atoms with van der Waals surface area (Å²) in [5.41, 5.74) is 0.754. The van der Waals surface area contributed by atoms with E-state index in [2.05, 4.69) is 0 Å². The van der Waals surface area contributed by atoms with Crippen LogP contribution in [0.5, 0.6) is 5.75 Å². The van der Waals surface area contributed by atoms with Gasteiger partial charge in [0.15, 0.2) is 9.84 Å². The summed E-state index contributed by atoms with van der Waals surface area (Å²) in [6.07, 6.45) is 0.0669. The van der Waals surface area contributed by atoms with Crippen molar-refractivity contribution in [1.29, 1.82) is 0 Å². The van der Waals surface area contributed by atoms with E-state index in [0.29, 0.717) is 12.2 Å². The minimum absolute atomic E-state index is 0.0275. The van der Waals surface area contributed by atoms with Crippen molar-refractivity contribution in [3.63, 3.8) is 0 Å². The van der Waals surface area contributed by atoms with Gasteiger partial charge in [0.25, 0.3) is 0 Å². The Labute approximate surface area is 109 Å². The molecule has 18 heavy (non-hydrogen) atoms. The lowest BCUT2D eigenvalue weighted by molar-refractivity contribution is 0.198. The van der Waals surface area contributed by atoms with Crippen LogP contribution in [0.3, 0.4) is 0 Å². The molecule has 0 saturated heterocycles. The van der Waals surface area contributed by atoms with E-state index in [1.54, 1.807) is 31.2 Å². The largest absolute Gasteiger partial charge is 0.493 e. The molecule has 0 aromatic heterocycles. The van der Waals surface area contributed by atoms with E-state index < -0.39 is 15.9 Å². The number of ether oxygens (including phenoxy) is 1. The van der Waals surface area contributed by atoms with Gasteiger partial charge in [-0.2, -0.15) is 0 Å². The van der Waals surface area contributed by atoms with Gasteiger partial charge in [0.1, 0.15) is 12.4 Å². The van der Waals surface area contributed by atoms with Crippen LogP contribution in [0.2, 0.25) is 0 Å². The second kappa shape index (κ2) is 6.75. The van der Waals surface area contributed by atoms with E-state index in [9.17, 15) is 13.5 Å². The fraction of sp³-hybridized carbons (Fsp3) is 0.538. The van der Waals surface area contributed by atoms with E-state index in [1.165, 1.54) is 0 Å². The third-order valence-electron chi connectivity index (χ3n) is 2.52. The molecule has 1 aromatic carbocycles.